The zero-order chi connectivity index (χ0) is 15.2. The Kier molecular flexibility index (Phi) is 6.04. The third kappa shape index (κ3) is 5.31. The van der Waals surface area contributed by atoms with Gasteiger partial charge in [0.05, 0.1) is 5.69 Å². The molecule has 2 nitrogen and oxygen atoms in total. The summed E-state index contributed by atoms with van der Waals surface area (Å²) in [5.74, 6) is 1.32. The summed E-state index contributed by atoms with van der Waals surface area (Å²) in [5.41, 5.74) is 1.80. The van der Waals surface area contributed by atoms with Crippen LogP contribution in [0.3, 0.4) is 0 Å². The molecule has 0 amide bonds. The molecular formula is C18H29FN2. The van der Waals surface area contributed by atoms with Crippen LogP contribution >= 0.6 is 0 Å². The van der Waals surface area contributed by atoms with Crippen LogP contribution in [0.5, 0.6) is 0 Å². The Hall–Kier alpha value is -1.09. The predicted molar refractivity (Wildman–Crippen MR) is 88.2 cm³/mol. The lowest BCUT2D eigenvalue weighted by atomic mass is 10.1. The largest absolute Gasteiger partial charge is 0.369 e. The topological polar surface area (TPSA) is 15.3 Å². The second-order valence-electron chi connectivity index (χ2n) is 6.70. The summed E-state index contributed by atoms with van der Waals surface area (Å²) < 4.78 is 14.4. The van der Waals surface area contributed by atoms with E-state index in [1.165, 1.54) is 12.8 Å². The molecule has 2 rings (SSSR count). The summed E-state index contributed by atoms with van der Waals surface area (Å²) in [4.78, 5) is 2.22. The lowest BCUT2D eigenvalue weighted by molar-refractivity contribution is 0.549. The number of anilines is 1. The number of hydrogen-bond acceptors (Lipinski definition) is 2. The highest BCUT2D eigenvalue weighted by Gasteiger charge is 2.25. The molecule has 1 saturated carbocycles. The average Bonchev–Trinajstić information content (AvgIpc) is 3.22. The minimum atomic E-state index is -0.0760. The van der Waals surface area contributed by atoms with Gasteiger partial charge in [-0.25, -0.2) is 4.39 Å². The molecule has 1 fully saturated rings. The van der Waals surface area contributed by atoms with Gasteiger partial charge in [-0.2, -0.15) is 0 Å². The molecule has 118 valence electrons. The van der Waals surface area contributed by atoms with Crippen molar-refractivity contribution in [2.75, 3.05) is 24.5 Å². The maximum Gasteiger partial charge on any atom is 0.146 e. The normalized spacial score (nSPS) is 14.7. The van der Waals surface area contributed by atoms with Crippen molar-refractivity contribution in [3.8, 4) is 0 Å². The van der Waals surface area contributed by atoms with Crippen LogP contribution in [-0.4, -0.2) is 19.6 Å². The van der Waals surface area contributed by atoms with Crippen molar-refractivity contribution in [2.45, 2.75) is 46.6 Å². The molecule has 1 aliphatic rings. The van der Waals surface area contributed by atoms with Gasteiger partial charge in [0.25, 0.3) is 0 Å². The van der Waals surface area contributed by atoms with Crippen molar-refractivity contribution in [1.29, 1.82) is 0 Å². The first-order valence-electron chi connectivity index (χ1n) is 8.34. The third-order valence-corrected chi connectivity index (χ3v) is 3.90. The first-order valence-corrected chi connectivity index (χ1v) is 8.34. The van der Waals surface area contributed by atoms with Crippen molar-refractivity contribution >= 4 is 5.69 Å². The van der Waals surface area contributed by atoms with Crippen LogP contribution in [0.4, 0.5) is 10.1 Å². The fourth-order valence-electron chi connectivity index (χ4n) is 2.61. The fourth-order valence-corrected chi connectivity index (χ4v) is 2.61. The summed E-state index contributed by atoms with van der Waals surface area (Å²) in [7, 11) is 0. The second kappa shape index (κ2) is 7.79. The van der Waals surface area contributed by atoms with Gasteiger partial charge < -0.3 is 10.2 Å². The Morgan fingerprint density at radius 3 is 2.67 bits per heavy atom. The van der Waals surface area contributed by atoms with E-state index in [-0.39, 0.29) is 5.82 Å². The van der Waals surface area contributed by atoms with Crippen molar-refractivity contribution < 1.29 is 4.39 Å². The van der Waals surface area contributed by atoms with Crippen molar-refractivity contribution in [1.82, 2.24) is 5.32 Å². The van der Waals surface area contributed by atoms with E-state index < -0.39 is 0 Å². The van der Waals surface area contributed by atoms with E-state index >= 15 is 0 Å². The van der Waals surface area contributed by atoms with Gasteiger partial charge in [-0.1, -0.05) is 26.8 Å². The van der Waals surface area contributed by atoms with Gasteiger partial charge in [0.2, 0.25) is 0 Å². The third-order valence-electron chi connectivity index (χ3n) is 3.90. The Labute approximate surface area is 128 Å². The van der Waals surface area contributed by atoms with Crippen LogP contribution in [0.1, 0.15) is 45.6 Å². The average molecular weight is 292 g/mol. The highest BCUT2D eigenvalue weighted by molar-refractivity contribution is 5.49. The van der Waals surface area contributed by atoms with E-state index in [2.05, 4.69) is 37.1 Å². The molecule has 3 heteroatoms. The molecule has 21 heavy (non-hydrogen) atoms. The Balaban J connectivity index is 1.98. The molecule has 0 heterocycles. The van der Waals surface area contributed by atoms with Crippen molar-refractivity contribution in [3.05, 3.63) is 29.6 Å². The molecule has 0 saturated heterocycles. The highest BCUT2D eigenvalue weighted by atomic mass is 19.1. The first-order chi connectivity index (χ1) is 10.1. The zero-order valence-electron chi connectivity index (χ0n) is 13.7. The van der Waals surface area contributed by atoms with Crippen LogP contribution in [0.25, 0.3) is 0 Å². The van der Waals surface area contributed by atoms with E-state index in [0.717, 1.165) is 49.8 Å². The summed E-state index contributed by atoms with van der Waals surface area (Å²) in [5, 5.41) is 3.36. The molecule has 0 unspecified atom stereocenters. The summed E-state index contributed by atoms with van der Waals surface area (Å²) >= 11 is 0. The summed E-state index contributed by atoms with van der Waals surface area (Å²) in [6.45, 7) is 10.2. The van der Waals surface area contributed by atoms with E-state index in [9.17, 15) is 4.39 Å². The molecule has 1 aliphatic carbocycles. The van der Waals surface area contributed by atoms with Crippen molar-refractivity contribution in [3.63, 3.8) is 0 Å². The molecule has 1 aromatic rings. The Morgan fingerprint density at radius 2 is 2.10 bits per heavy atom. The van der Waals surface area contributed by atoms with Crippen LogP contribution < -0.4 is 10.2 Å². The summed E-state index contributed by atoms with van der Waals surface area (Å²) in [6.07, 6.45) is 3.67. The SMILES string of the molecule is CCCN(CC1CC1)c1ccc(CNCC(C)C)cc1F. The Bertz CT molecular complexity index is 441. The van der Waals surface area contributed by atoms with Gasteiger partial charge in [-0.3, -0.25) is 0 Å². The molecule has 0 spiro atoms. The van der Waals surface area contributed by atoms with Gasteiger partial charge in [0, 0.05) is 19.6 Å². The quantitative estimate of drug-likeness (QED) is 0.734. The van der Waals surface area contributed by atoms with Crippen molar-refractivity contribution in [2.24, 2.45) is 11.8 Å². The lowest BCUT2D eigenvalue weighted by Crippen LogP contribution is -2.27. The predicted octanol–water partition coefficient (Wildman–Crippen LogP) is 4.20. The molecule has 1 N–H and O–H groups in total. The Morgan fingerprint density at radius 1 is 1.33 bits per heavy atom. The zero-order valence-corrected chi connectivity index (χ0v) is 13.7. The number of hydrogen-bond donors (Lipinski definition) is 1. The summed E-state index contributed by atoms with van der Waals surface area (Å²) in [6, 6.07) is 5.71. The van der Waals surface area contributed by atoms with Crippen LogP contribution in [-0.2, 0) is 6.54 Å². The molecule has 0 aliphatic heterocycles. The number of nitrogens with zero attached hydrogens (tertiary/aromatic N) is 1. The molecule has 1 aromatic carbocycles. The van der Waals surface area contributed by atoms with Crippen LogP contribution in [0, 0.1) is 17.7 Å². The standard InChI is InChI=1S/C18H29FN2/c1-4-9-21(13-15-5-6-15)18-8-7-16(10-17(18)19)12-20-11-14(2)3/h7-8,10,14-15,20H,4-6,9,11-13H2,1-3H3. The highest BCUT2D eigenvalue weighted by Crippen LogP contribution is 2.32. The van der Waals surface area contributed by atoms with E-state index in [1.54, 1.807) is 6.07 Å². The van der Waals surface area contributed by atoms with Gasteiger partial charge in [-0.05, 0) is 55.3 Å². The molecule has 0 atom stereocenters. The smallest absolute Gasteiger partial charge is 0.146 e. The van der Waals surface area contributed by atoms with E-state index in [0.29, 0.717) is 5.92 Å². The van der Waals surface area contributed by atoms with E-state index in [1.807, 2.05) is 6.07 Å². The minimum Gasteiger partial charge on any atom is -0.369 e. The van der Waals surface area contributed by atoms with Gasteiger partial charge >= 0.3 is 0 Å². The number of halogens is 1. The van der Waals surface area contributed by atoms with E-state index in [4.69, 9.17) is 0 Å². The van der Waals surface area contributed by atoms with Crippen LogP contribution in [0.15, 0.2) is 18.2 Å². The molecule has 0 aromatic heterocycles. The minimum absolute atomic E-state index is 0.0760. The second-order valence-corrected chi connectivity index (χ2v) is 6.70. The fraction of sp³-hybridized carbons (Fsp3) is 0.667. The molecule has 0 radical (unpaired) electrons. The molecule has 0 bridgehead atoms. The van der Waals surface area contributed by atoms with Gasteiger partial charge in [-0.15, -0.1) is 0 Å². The first kappa shape index (κ1) is 16.3. The van der Waals surface area contributed by atoms with Crippen LogP contribution in [0.2, 0.25) is 0 Å². The maximum atomic E-state index is 14.4. The number of nitrogens with one attached hydrogen (secondary N) is 1. The lowest BCUT2D eigenvalue weighted by Gasteiger charge is -2.25. The maximum absolute atomic E-state index is 14.4. The van der Waals surface area contributed by atoms with Gasteiger partial charge in [0.1, 0.15) is 5.82 Å². The number of rotatable bonds is 9. The number of benzene rings is 1. The monoisotopic (exact) mass is 292 g/mol. The molecular weight excluding hydrogens is 263 g/mol. The van der Waals surface area contributed by atoms with Gasteiger partial charge in [0.15, 0.2) is 0 Å².